The largest absolute Gasteiger partial charge is 0.416 e. The molecule has 5 nitrogen and oxygen atoms in total. The number of aliphatic imine (C=N–C) groups is 2. The van der Waals surface area contributed by atoms with E-state index in [4.69, 9.17) is 16.3 Å². The molecule has 0 N–H and O–H groups in total. The van der Waals surface area contributed by atoms with E-state index in [-0.39, 0.29) is 23.6 Å². The van der Waals surface area contributed by atoms with Crippen molar-refractivity contribution in [3.05, 3.63) is 40.2 Å². The molecule has 1 saturated heterocycles. The molecule has 3 aliphatic heterocycles. The molecule has 0 radical (unpaired) electrons. The van der Waals surface area contributed by atoms with Crippen molar-refractivity contribution in [2.45, 2.75) is 25.4 Å². The molecule has 0 spiro atoms. The van der Waals surface area contributed by atoms with Crippen LogP contribution in [-0.2, 0) is 22.1 Å². The van der Waals surface area contributed by atoms with Gasteiger partial charge < -0.3 is 9.64 Å². The molecule has 3 heterocycles. The Kier molecular flexibility index (Phi) is 5.01. The second-order valence-electron chi connectivity index (χ2n) is 6.92. The van der Waals surface area contributed by atoms with Crippen LogP contribution in [0.5, 0.6) is 0 Å². The monoisotopic (exact) mass is 411 g/mol. The highest BCUT2D eigenvalue weighted by Gasteiger charge is 2.33. The summed E-state index contributed by atoms with van der Waals surface area (Å²) in [6.45, 7) is 2.49. The Hall–Kier alpha value is -2.19. The van der Waals surface area contributed by atoms with Crippen molar-refractivity contribution >= 4 is 34.5 Å². The van der Waals surface area contributed by atoms with Crippen LogP contribution in [0.1, 0.15) is 24.0 Å². The number of ether oxygens (including phenoxy) is 1. The van der Waals surface area contributed by atoms with E-state index in [9.17, 15) is 18.0 Å². The third-order valence-electron chi connectivity index (χ3n) is 4.82. The lowest BCUT2D eigenvalue weighted by molar-refractivity contribution is -0.137. The molecular weight excluding hydrogens is 395 g/mol. The number of hydrogen-bond acceptors (Lipinski definition) is 5. The highest BCUT2D eigenvalue weighted by molar-refractivity contribution is 6.34. The number of hydrogen-bond donors (Lipinski definition) is 0. The van der Waals surface area contributed by atoms with E-state index in [1.807, 2.05) is 4.90 Å². The van der Waals surface area contributed by atoms with Crippen LogP contribution in [0.4, 0.5) is 18.9 Å². The maximum Gasteiger partial charge on any atom is 0.416 e. The zero-order chi connectivity index (χ0) is 19.9. The van der Waals surface area contributed by atoms with Gasteiger partial charge in [0.15, 0.2) is 5.78 Å². The topological polar surface area (TPSA) is 54.3 Å². The minimum atomic E-state index is -4.46. The van der Waals surface area contributed by atoms with E-state index in [0.29, 0.717) is 61.2 Å². The molecule has 28 heavy (non-hydrogen) atoms. The van der Waals surface area contributed by atoms with E-state index < -0.39 is 11.7 Å². The van der Waals surface area contributed by atoms with Crippen molar-refractivity contribution in [2.24, 2.45) is 9.98 Å². The SMILES string of the molecule is O=C1C=C(N2CCOCC2)N=C(CC2=Nc3c(Cl)cc(C(F)(F)F)cc3C2)C1. The molecule has 0 aromatic heterocycles. The van der Waals surface area contributed by atoms with Crippen molar-refractivity contribution in [1.82, 2.24) is 4.90 Å². The molecule has 0 aliphatic carbocycles. The maximum absolute atomic E-state index is 13.0. The van der Waals surface area contributed by atoms with E-state index >= 15 is 0 Å². The molecule has 1 aromatic carbocycles. The Morgan fingerprint density at radius 2 is 1.82 bits per heavy atom. The van der Waals surface area contributed by atoms with Gasteiger partial charge >= 0.3 is 6.18 Å². The number of rotatable bonds is 3. The summed E-state index contributed by atoms with van der Waals surface area (Å²) in [6.07, 6.45) is -2.14. The lowest BCUT2D eigenvalue weighted by atomic mass is 10.0. The summed E-state index contributed by atoms with van der Waals surface area (Å²) < 4.78 is 44.3. The minimum absolute atomic E-state index is 0.0182. The summed E-state index contributed by atoms with van der Waals surface area (Å²) >= 11 is 6.02. The first-order valence-corrected chi connectivity index (χ1v) is 9.27. The second-order valence-corrected chi connectivity index (χ2v) is 7.33. The summed E-state index contributed by atoms with van der Waals surface area (Å²) in [4.78, 5) is 23.1. The molecule has 0 bridgehead atoms. The number of morpholine rings is 1. The van der Waals surface area contributed by atoms with Crippen molar-refractivity contribution < 1.29 is 22.7 Å². The van der Waals surface area contributed by atoms with Gasteiger partial charge in [-0.1, -0.05) is 11.6 Å². The summed E-state index contributed by atoms with van der Waals surface area (Å²) in [5, 5.41) is -0.0182. The minimum Gasteiger partial charge on any atom is -0.378 e. The summed E-state index contributed by atoms with van der Waals surface area (Å²) in [5.41, 5.74) is 1.35. The average Bonchev–Trinajstić information content (AvgIpc) is 3.04. The third-order valence-corrected chi connectivity index (χ3v) is 5.11. The van der Waals surface area contributed by atoms with E-state index in [1.54, 1.807) is 0 Å². The van der Waals surface area contributed by atoms with Gasteiger partial charge in [0.2, 0.25) is 0 Å². The van der Waals surface area contributed by atoms with Gasteiger partial charge in [-0.3, -0.25) is 9.79 Å². The Morgan fingerprint density at radius 3 is 2.54 bits per heavy atom. The van der Waals surface area contributed by atoms with Gasteiger partial charge in [-0.05, 0) is 17.7 Å². The summed E-state index contributed by atoms with van der Waals surface area (Å²) in [6, 6.07) is 1.98. The van der Waals surface area contributed by atoms with Crippen molar-refractivity contribution in [3.63, 3.8) is 0 Å². The van der Waals surface area contributed by atoms with Crippen LogP contribution in [0.15, 0.2) is 34.0 Å². The normalized spacial score (nSPS) is 19.9. The van der Waals surface area contributed by atoms with Gasteiger partial charge in [-0.25, -0.2) is 4.99 Å². The average molecular weight is 412 g/mol. The molecular formula is C19H17ClF3N3O2. The number of ketones is 1. The first-order valence-electron chi connectivity index (χ1n) is 8.89. The molecule has 0 amide bonds. The first-order chi connectivity index (χ1) is 13.3. The van der Waals surface area contributed by atoms with Crippen LogP contribution >= 0.6 is 11.6 Å². The lowest BCUT2D eigenvalue weighted by Crippen LogP contribution is -2.36. The third kappa shape index (κ3) is 3.98. The van der Waals surface area contributed by atoms with Gasteiger partial charge in [-0.15, -0.1) is 0 Å². The van der Waals surface area contributed by atoms with Crippen molar-refractivity contribution in [1.29, 1.82) is 0 Å². The molecule has 0 unspecified atom stereocenters. The Labute approximate surface area is 164 Å². The zero-order valence-electron chi connectivity index (χ0n) is 14.9. The van der Waals surface area contributed by atoms with E-state index in [2.05, 4.69) is 9.98 Å². The summed E-state index contributed by atoms with van der Waals surface area (Å²) in [5.74, 6) is 0.572. The van der Waals surface area contributed by atoms with Gasteiger partial charge in [0.25, 0.3) is 0 Å². The van der Waals surface area contributed by atoms with Crippen LogP contribution in [0.25, 0.3) is 0 Å². The second kappa shape index (κ2) is 7.33. The van der Waals surface area contributed by atoms with Gasteiger partial charge in [0.05, 0.1) is 29.5 Å². The number of alkyl halides is 3. The van der Waals surface area contributed by atoms with Crippen LogP contribution in [0, 0.1) is 0 Å². The van der Waals surface area contributed by atoms with Gasteiger partial charge in [0, 0.05) is 49.9 Å². The smallest absolute Gasteiger partial charge is 0.378 e. The van der Waals surface area contributed by atoms with Gasteiger partial charge in [0.1, 0.15) is 5.82 Å². The number of carbonyl (C=O) groups is 1. The summed E-state index contributed by atoms with van der Waals surface area (Å²) in [7, 11) is 0. The zero-order valence-corrected chi connectivity index (χ0v) is 15.6. The fourth-order valence-corrected chi connectivity index (χ4v) is 3.80. The fourth-order valence-electron chi connectivity index (χ4n) is 3.52. The lowest BCUT2D eigenvalue weighted by Gasteiger charge is -2.30. The molecule has 1 fully saturated rings. The molecule has 4 rings (SSSR count). The molecule has 148 valence electrons. The number of halogens is 4. The van der Waals surface area contributed by atoms with Crippen molar-refractivity contribution in [2.75, 3.05) is 26.3 Å². The number of fused-ring (bicyclic) bond motifs is 1. The Balaban J connectivity index is 1.52. The molecule has 3 aliphatic rings. The molecule has 0 atom stereocenters. The van der Waals surface area contributed by atoms with Crippen LogP contribution < -0.4 is 0 Å². The quantitative estimate of drug-likeness (QED) is 0.756. The van der Waals surface area contributed by atoms with Crippen LogP contribution in [-0.4, -0.2) is 48.4 Å². The van der Waals surface area contributed by atoms with E-state index in [1.165, 1.54) is 6.08 Å². The number of allylic oxidation sites excluding steroid dienone is 1. The molecule has 1 aromatic rings. The highest BCUT2D eigenvalue weighted by atomic mass is 35.5. The molecule has 9 heteroatoms. The molecule has 0 saturated carbocycles. The maximum atomic E-state index is 13.0. The first kappa shape index (κ1) is 19.1. The predicted octanol–water partition coefficient (Wildman–Crippen LogP) is 3.96. The standard InChI is InChI=1S/C19H17ClF3N3O2/c20-16-7-12(19(21,22)23)5-11-6-13(25-18(11)16)8-14-9-15(27)10-17(24-14)26-1-3-28-4-2-26/h5,7,10H,1-4,6,8-9H2. The number of benzene rings is 1. The highest BCUT2D eigenvalue weighted by Crippen LogP contribution is 2.40. The number of nitrogens with zero attached hydrogens (tertiary/aromatic N) is 3. The van der Waals surface area contributed by atoms with Crippen LogP contribution in [0.2, 0.25) is 5.02 Å². The Bertz CT molecular complexity index is 916. The van der Waals surface area contributed by atoms with E-state index in [0.717, 1.165) is 12.1 Å². The van der Waals surface area contributed by atoms with Gasteiger partial charge in [-0.2, -0.15) is 13.2 Å². The Morgan fingerprint density at radius 1 is 1.11 bits per heavy atom. The van der Waals surface area contributed by atoms with Crippen LogP contribution in [0.3, 0.4) is 0 Å². The predicted molar refractivity (Wildman–Crippen MR) is 99.4 cm³/mol. The fraction of sp³-hybridized carbons (Fsp3) is 0.421. The van der Waals surface area contributed by atoms with Crippen molar-refractivity contribution in [3.8, 4) is 0 Å². The number of carbonyl (C=O) groups excluding carboxylic acids is 1.